The van der Waals surface area contributed by atoms with Crippen LogP contribution in [0, 0.1) is 11.8 Å². The summed E-state index contributed by atoms with van der Waals surface area (Å²) < 4.78 is 21.7. The third-order valence-corrected chi connectivity index (χ3v) is 4.67. The number of carbonyl (C=O) groups excluding carboxylic acids is 2. The van der Waals surface area contributed by atoms with Crippen LogP contribution < -0.4 is 9.47 Å². The highest BCUT2D eigenvalue weighted by Gasteiger charge is 2.15. The van der Waals surface area contributed by atoms with Gasteiger partial charge in [-0.05, 0) is 30.4 Å². The Morgan fingerprint density at radius 3 is 1.93 bits per heavy atom. The molecule has 0 N–H and O–H groups in total. The van der Waals surface area contributed by atoms with Crippen molar-refractivity contribution in [3.05, 3.63) is 23.3 Å². The Morgan fingerprint density at radius 1 is 0.862 bits per heavy atom. The molecule has 1 unspecified atom stereocenters. The highest BCUT2D eigenvalue weighted by molar-refractivity contribution is 5.66. The molecule has 1 atom stereocenters. The van der Waals surface area contributed by atoms with Gasteiger partial charge < -0.3 is 18.9 Å². The maximum Gasteiger partial charge on any atom is 0.302 e. The molecule has 29 heavy (non-hydrogen) atoms. The van der Waals surface area contributed by atoms with E-state index < -0.39 is 0 Å². The molecule has 0 amide bonds. The van der Waals surface area contributed by atoms with Crippen LogP contribution >= 0.6 is 0 Å². The second-order valence-electron chi connectivity index (χ2n) is 7.90. The van der Waals surface area contributed by atoms with Gasteiger partial charge in [-0.1, -0.05) is 40.0 Å². The number of esters is 2. The summed E-state index contributed by atoms with van der Waals surface area (Å²) in [6.45, 7) is 10.2. The molecule has 1 aromatic carbocycles. The first kappa shape index (κ1) is 24.8. The van der Waals surface area contributed by atoms with Gasteiger partial charge in [-0.2, -0.15) is 0 Å². The fourth-order valence-electron chi connectivity index (χ4n) is 2.94. The van der Waals surface area contributed by atoms with Gasteiger partial charge >= 0.3 is 11.9 Å². The predicted molar refractivity (Wildman–Crippen MR) is 112 cm³/mol. The van der Waals surface area contributed by atoms with Crippen LogP contribution in [0.15, 0.2) is 12.1 Å². The quantitative estimate of drug-likeness (QED) is 0.425. The van der Waals surface area contributed by atoms with Gasteiger partial charge in [0.1, 0.15) is 24.7 Å². The lowest BCUT2D eigenvalue weighted by Gasteiger charge is -2.18. The molecule has 1 aromatic rings. The van der Waals surface area contributed by atoms with Crippen molar-refractivity contribution in [2.45, 2.75) is 73.5 Å². The minimum atomic E-state index is -0.367. The molecule has 0 aromatic heterocycles. The van der Waals surface area contributed by atoms with Crippen molar-refractivity contribution in [2.24, 2.45) is 11.8 Å². The van der Waals surface area contributed by atoms with E-state index in [2.05, 4.69) is 20.8 Å². The van der Waals surface area contributed by atoms with E-state index in [-0.39, 0.29) is 25.2 Å². The first-order chi connectivity index (χ1) is 13.7. The summed E-state index contributed by atoms with van der Waals surface area (Å²) in [5.74, 6) is 1.75. The van der Waals surface area contributed by atoms with Crippen LogP contribution in [0.3, 0.4) is 0 Å². The molecule has 0 aliphatic rings. The van der Waals surface area contributed by atoms with Gasteiger partial charge in [0, 0.05) is 25.0 Å². The largest absolute Gasteiger partial charge is 0.496 e. The monoisotopic (exact) mass is 408 g/mol. The molecular formula is C23H36O6. The molecule has 0 spiro atoms. The van der Waals surface area contributed by atoms with Crippen LogP contribution in [-0.4, -0.2) is 25.7 Å². The van der Waals surface area contributed by atoms with Gasteiger partial charge in [-0.25, -0.2) is 0 Å². The van der Waals surface area contributed by atoms with Crippen molar-refractivity contribution in [1.82, 2.24) is 0 Å². The van der Waals surface area contributed by atoms with E-state index in [0.717, 1.165) is 17.9 Å². The van der Waals surface area contributed by atoms with E-state index in [0.29, 0.717) is 29.6 Å². The molecule has 0 fully saturated rings. The number of carbonyl (C=O) groups is 2. The van der Waals surface area contributed by atoms with Crippen LogP contribution in [0.25, 0.3) is 0 Å². The Hall–Kier alpha value is -2.24. The smallest absolute Gasteiger partial charge is 0.302 e. The van der Waals surface area contributed by atoms with E-state index in [9.17, 15) is 9.59 Å². The predicted octanol–water partition coefficient (Wildman–Crippen LogP) is 5.05. The zero-order chi connectivity index (χ0) is 21.8. The summed E-state index contributed by atoms with van der Waals surface area (Å²) >= 11 is 0. The van der Waals surface area contributed by atoms with Gasteiger partial charge in [0.2, 0.25) is 0 Å². The van der Waals surface area contributed by atoms with Crippen molar-refractivity contribution in [3.63, 3.8) is 0 Å². The molecule has 1 rings (SSSR count). The minimum absolute atomic E-state index is 0.0916. The fraction of sp³-hybridized carbons (Fsp3) is 0.652. The second kappa shape index (κ2) is 13.1. The molecule has 0 saturated heterocycles. The van der Waals surface area contributed by atoms with E-state index >= 15 is 0 Å². The SMILES string of the molecule is COc1cc(COC(C)=O)c(OCCC(C)CCCC(C)C)cc1COC(C)=O. The van der Waals surface area contributed by atoms with E-state index in [1.54, 1.807) is 19.2 Å². The third kappa shape index (κ3) is 10.2. The maximum atomic E-state index is 11.2. The van der Waals surface area contributed by atoms with Gasteiger partial charge in [-0.3, -0.25) is 9.59 Å². The number of hydrogen-bond donors (Lipinski definition) is 0. The molecule has 0 aliphatic heterocycles. The number of methoxy groups -OCH3 is 1. The number of hydrogen-bond acceptors (Lipinski definition) is 6. The zero-order valence-electron chi connectivity index (χ0n) is 18.7. The average molecular weight is 409 g/mol. The molecule has 6 nitrogen and oxygen atoms in total. The van der Waals surface area contributed by atoms with Crippen molar-refractivity contribution in [3.8, 4) is 11.5 Å². The van der Waals surface area contributed by atoms with Gasteiger partial charge in [0.25, 0.3) is 0 Å². The lowest BCUT2D eigenvalue weighted by molar-refractivity contribution is -0.143. The van der Waals surface area contributed by atoms with Crippen molar-refractivity contribution < 1.29 is 28.5 Å². The van der Waals surface area contributed by atoms with Crippen LogP contribution in [0.4, 0.5) is 0 Å². The van der Waals surface area contributed by atoms with E-state index in [1.165, 1.54) is 33.1 Å². The summed E-state index contributed by atoms with van der Waals surface area (Å²) in [5.41, 5.74) is 1.42. The Morgan fingerprint density at radius 2 is 1.41 bits per heavy atom. The van der Waals surface area contributed by atoms with Crippen LogP contribution in [-0.2, 0) is 32.3 Å². The lowest BCUT2D eigenvalue weighted by atomic mass is 9.98. The Balaban J connectivity index is 2.82. The molecular weight excluding hydrogens is 372 g/mol. The molecule has 0 heterocycles. The lowest BCUT2D eigenvalue weighted by Crippen LogP contribution is -2.09. The van der Waals surface area contributed by atoms with Crippen molar-refractivity contribution in [1.29, 1.82) is 0 Å². The third-order valence-electron chi connectivity index (χ3n) is 4.67. The molecule has 164 valence electrons. The summed E-state index contributed by atoms with van der Waals surface area (Å²) in [6, 6.07) is 3.56. The summed E-state index contributed by atoms with van der Waals surface area (Å²) in [7, 11) is 1.54. The maximum absolute atomic E-state index is 11.2. The van der Waals surface area contributed by atoms with Gasteiger partial charge in [0.05, 0.1) is 13.7 Å². The van der Waals surface area contributed by atoms with Crippen LogP contribution in [0.1, 0.15) is 71.4 Å². The van der Waals surface area contributed by atoms with Crippen LogP contribution in [0.5, 0.6) is 11.5 Å². The van der Waals surface area contributed by atoms with E-state index in [4.69, 9.17) is 18.9 Å². The summed E-state index contributed by atoms with van der Waals surface area (Å²) in [6.07, 6.45) is 4.60. The first-order valence-electron chi connectivity index (χ1n) is 10.3. The summed E-state index contributed by atoms with van der Waals surface area (Å²) in [5, 5.41) is 0. The van der Waals surface area contributed by atoms with Gasteiger partial charge in [0.15, 0.2) is 0 Å². The standard InChI is InChI=1S/C23H36O6/c1-16(2)8-7-9-17(3)10-11-27-23-13-20(14-28-18(4)24)22(26-6)12-21(23)15-29-19(5)25/h12-13,16-17H,7-11,14-15H2,1-6H3. The minimum Gasteiger partial charge on any atom is -0.496 e. The molecule has 0 radical (unpaired) electrons. The average Bonchev–Trinajstić information content (AvgIpc) is 2.64. The Labute approximate surface area is 174 Å². The first-order valence-corrected chi connectivity index (χ1v) is 10.3. The van der Waals surface area contributed by atoms with Crippen molar-refractivity contribution in [2.75, 3.05) is 13.7 Å². The van der Waals surface area contributed by atoms with Gasteiger partial charge in [-0.15, -0.1) is 0 Å². The zero-order valence-corrected chi connectivity index (χ0v) is 18.7. The number of ether oxygens (including phenoxy) is 4. The highest BCUT2D eigenvalue weighted by atomic mass is 16.5. The highest BCUT2D eigenvalue weighted by Crippen LogP contribution is 2.31. The molecule has 0 aliphatic carbocycles. The van der Waals surface area contributed by atoms with Crippen LogP contribution in [0.2, 0.25) is 0 Å². The molecule has 6 heteroatoms. The molecule has 0 bridgehead atoms. The molecule has 0 saturated carbocycles. The topological polar surface area (TPSA) is 71.1 Å². The fourth-order valence-corrected chi connectivity index (χ4v) is 2.94. The number of benzene rings is 1. The van der Waals surface area contributed by atoms with Crippen molar-refractivity contribution >= 4 is 11.9 Å². The van der Waals surface area contributed by atoms with E-state index in [1.807, 2.05) is 0 Å². The Kier molecular flexibility index (Phi) is 11.2. The second-order valence-corrected chi connectivity index (χ2v) is 7.90. The Bertz CT molecular complexity index is 653. The summed E-state index contributed by atoms with van der Waals surface area (Å²) in [4.78, 5) is 22.4. The number of rotatable bonds is 13. The normalized spacial score (nSPS) is 11.8.